The van der Waals surface area contributed by atoms with Crippen molar-refractivity contribution in [2.45, 2.75) is 52.9 Å². The Labute approximate surface area is 108 Å². The van der Waals surface area contributed by atoms with Crippen LogP contribution in [0.4, 0.5) is 0 Å². The van der Waals surface area contributed by atoms with Crippen molar-refractivity contribution in [2.24, 2.45) is 23.5 Å². The molecule has 102 valence electrons. The van der Waals surface area contributed by atoms with E-state index in [0.29, 0.717) is 0 Å². The Kier molecular flexibility index (Phi) is 7.14. The molecule has 1 saturated heterocycles. The zero-order chi connectivity index (χ0) is 12.7. The second-order valence-electron chi connectivity index (χ2n) is 6.25. The largest absolute Gasteiger partial charge is 0.330 e. The molecule has 2 N–H and O–H groups in total. The molecule has 0 spiro atoms. The maximum atomic E-state index is 5.69. The highest BCUT2D eigenvalue weighted by Gasteiger charge is 2.16. The first-order valence-corrected chi connectivity index (χ1v) is 7.56. The predicted molar refractivity (Wildman–Crippen MR) is 76.1 cm³/mol. The number of hydrogen-bond donors (Lipinski definition) is 1. The molecule has 0 aliphatic carbocycles. The molecule has 0 amide bonds. The van der Waals surface area contributed by atoms with Crippen LogP contribution in [0.25, 0.3) is 0 Å². The van der Waals surface area contributed by atoms with Crippen molar-refractivity contribution in [2.75, 3.05) is 26.2 Å². The van der Waals surface area contributed by atoms with Crippen molar-refractivity contribution < 1.29 is 0 Å². The molecular formula is C15H32N2. The molecule has 1 aliphatic heterocycles. The lowest BCUT2D eigenvalue weighted by molar-refractivity contribution is 0.182. The molecule has 1 rings (SSSR count). The Balaban J connectivity index is 2.13. The molecule has 1 unspecified atom stereocenters. The van der Waals surface area contributed by atoms with Gasteiger partial charge in [0, 0.05) is 0 Å². The van der Waals surface area contributed by atoms with E-state index in [1.807, 2.05) is 0 Å². The van der Waals surface area contributed by atoms with E-state index in [9.17, 15) is 0 Å². The van der Waals surface area contributed by atoms with Gasteiger partial charge in [0.05, 0.1) is 0 Å². The topological polar surface area (TPSA) is 29.3 Å². The molecule has 1 fully saturated rings. The van der Waals surface area contributed by atoms with E-state index in [2.05, 4.69) is 25.7 Å². The summed E-state index contributed by atoms with van der Waals surface area (Å²) in [7, 11) is 0. The molecule has 0 saturated carbocycles. The monoisotopic (exact) mass is 240 g/mol. The first-order chi connectivity index (χ1) is 8.13. The third kappa shape index (κ3) is 5.87. The summed E-state index contributed by atoms with van der Waals surface area (Å²) < 4.78 is 0. The van der Waals surface area contributed by atoms with Crippen molar-refractivity contribution in [3.63, 3.8) is 0 Å². The van der Waals surface area contributed by atoms with Crippen LogP contribution in [-0.4, -0.2) is 31.1 Å². The highest BCUT2D eigenvalue weighted by Crippen LogP contribution is 2.22. The van der Waals surface area contributed by atoms with E-state index >= 15 is 0 Å². The summed E-state index contributed by atoms with van der Waals surface area (Å²) in [5, 5.41) is 0. The summed E-state index contributed by atoms with van der Waals surface area (Å²) in [6.45, 7) is 11.9. The Hall–Kier alpha value is -0.0800. The first-order valence-electron chi connectivity index (χ1n) is 7.56. The fourth-order valence-corrected chi connectivity index (χ4v) is 2.89. The molecule has 0 aromatic heterocycles. The Morgan fingerprint density at radius 3 is 2.35 bits per heavy atom. The maximum Gasteiger partial charge on any atom is -0.00162 e. The van der Waals surface area contributed by atoms with Crippen LogP contribution in [0.3, 0.4) is 0 Å². The van der Waals surface area contributed by atoms with Crippen molar-refractivity contribution in [1.82, 2.24) is 4.90 Å². The van der Waals surface area contributed by atoms with Crippen LogP contribution in [0.5, 0.6) is 0 Å². The molecule has 2 nitrogen and oxygen atoms in total. The van der Waals surface area contributed by atoms with Crippen LogP contribution >= 0.6 is 0 Å². The summed E-state index contributed by atoms with van der Waals surface area (Å²) in [5.41, 5.74) is 5.69. The summed E-state index contributed by atoms with van der Waals surface area (Å²) in [5.74, 6) is 2.58. The molecule has 2 heteroatoms. The SMILES string of the molecule is CC1CCN(CCCC(CCN)C(C)C)CC1. The molecule has 1 aliphatic rings. The van der Waals surface area contributed by atoms with Gasteiger partial charge in [0.25, 0.3) is 0 Å². The van der Waals surface area contributed by atoms with Crippen LogP contribution in [0, 0.1) is 17.8 Å². The standard InChI is InChI=1S/C15H32N2/c1-13(2)15(6-9-16)5-4-10-17-11-7-14(3)8-12-17/h13-15H,4-12,16H2,1-3H3. The van der Waals surface area contributed by atoms with Gasteiger partial charge in [0.1, 0.15) is 0 Å². The van der Waals surface area contributed by atoms with Crippen LogP contribution in [-0.2, 0) is 0 Å². The average Bonchev–Trinajstić information content (AvgIpc) is 2.30. The number of nitrogens with two attached hydrogens (primary N) is 1. The third-order valence-corrected chi connectivity index (χ3v) is 4.41. The first kappa shape index (κ1) is 15.0. The molecule has 0 radical (unpaired) electrons. The van der Waals surface area contributed by atoms with Crippen LogP contribution in [0.2, 0.25) is 0 Å². The molecular weight excluding hydrogens is 208 g/mol. The molecule has 0 aromatic rings. The molecule has 1 atom stereocenters. The number of likely N-dealkylation sites (tertiary alicyclic amines) is 1. The lowest BCUT2D eigenvalue weighted by Gasteiger charge is -2.30. The number of hydrogen-bond acceptors (Lipinski definition) is 2. The van der Waals surface area contributed by atoms with Gasteiger partial charge in [-0.3, -0.25) is 0 Å². The Bertz CT molecular complexity index is 183. The van der Waals surface area contributed by atoms with Crippen molar-refractivity contribution in [3.8, 4) is 0 Å². The third-order valence-electron chi connectivity index (χ3n) is 4.41. The highest BCUT2D eigenvalue weighted by molar-refractivity contribution is 4.71. The summed E-state index contributed by atoms with van der Waals surface area (Å²) in [4.78, 5) is 2.65. The van der Waals surface area contributed by atoms with E-state index in [1.165, 1.54) is 51.7 Å². The molecule has 0 aromatic carbocycles. The fourth-order valence-electron chi connectivity index (χ4n) is 2.89. The van der Waals surface area contributed by atoms with E-state index in [1.54, 1.807) is 0 Å². The smallest absolute Gasteiger partial charge is 0.00162 e. The minimum atomic E-state index is 0.792. The average molecular weight is 240 g/mol. The lowest BCUT2D eigenvalue weighted by atomic mass is 9.88. The zero-order valence-corrected chi connectivity index (χ0v) is 12.1. The normalized spacial score (nSPS) is 21.0. The van der Waals surface area contributed by atoms with Gasteiger partial charge in [0.2, 0.25) is 0 Å². The van der Waals surface area contributed by atoms with E-state index in [-0.39, 0.29) is 0 Å². The maximum absolute atomic E-state index is 5.69. The van der Waals surface area contributed by atoms with Gasteiger partial charge < -0.3 is 10.6 Å². The number of rotatable bonds is 7. The van der Waals surface area contributed by atoms with Crippen molar-refractivity contribution >= 4 is 0 Å². The van der Waals surface area contributed by atoms with E-state index in [0.717, 1.165) is 24.3 Å². The molecule has 0 bridgehead atoms. The summed E-state index contributed by atoms with van der Waals surface area (Å²) in [6, 6.07) is 0. The summed E-state index contributed by atoms with van der Waals surface area (Å²) >= 11 is 0. The van der Waals surface area contributed by atoms with Gasteiger partial charge in [-0.05, 0) is 76.0 Å². The predicted octanol–water partition coefficient (Wildman–Crippen LogP) is 3.12. The van der Waals surface area contributed by atoms with Crippen molar-refractivity contribution in [3.05, 3.63) is 0 Å². The van der Waals surface area contributed by atoms with Gasteiger partial charge in [-0.2, -0.15) is 0 Å². The minimum Gasteiger partial charge on any atom is -0.330 e. The van der Waals surface area contributed by atoms with Gasteiger partial charge in [-0.15, -0.1) is 0 Å². The molecule has 17 heavy (non-hydrogen) atoms. The van der Waals surface area contributed by atoms with Gasteiger partial charge in [-0.25, -0.2) is 0 Å². The van der Waals surface area contributed by atoms with Crippen LogP contribution < -0.4 is 5.73 Å². The number of piperidine rings is 1. The minimum absolute atomic E-state index is 0.792. The second kappa shape index (κ2) is 8.10. The van der Waals surface area contributed by atoms with Gasteiger partial charge >= 0.3 is 0 Å². The number of nitrogens with zero attached hydrogens (tertiary/aromatic N) is 1. The van der Waals surface area contributed by atoms with Gasteiger partial charge in [0.15, 0.2) is 0 Å². The fraction of sp³-hybridized carbons (Fsp3) is 1.00. The second-order valence-corrected chi connectivity index (χ2v) is 6.25. The zero-order valence-electron chi connectivity index (χ0n) is 12.1. The van der Waals surface area contributed by atoms with Crippen molar-refractivity contribution in [1.29, 1.82) is 0 Å². The quantitative estimate of drug-likeness (QED) is 0.741. The van der Waals surface area contributed by atoms with E-state index in [4.69, 9.17) is 5.73 Å². The Morgan fingerprint density at radius 1 is 1.18 bits per heavy atom. The lowest BCUT2D eigenvalue weighted by Crippen LogP contribution is -2.33. The van der Waals surface area contributed by atoms with E-state index < -0.39 is 0 Å². The highest BCUT2D eigenvalue weighted by atomic mass is 15.1. The van der Waals surface area contributed by atoms with Crippen LogP contribution in [0.15, 0.2) is 0 Å². The summed E-state index contributed by atoms with van der Waals surface area (Å²) in [6.07, 6.45) is 6.72. The van der Waals surface area contributed by atoms with Gasteiger partial charge in [-0.1, -0.05) is 20.8 Å². The molecule has 1 heterocycles. The Morgan fingerprint density at radius 2 is 1.82 bits per heavy atom. The van der Waals surface area contributed by atoms with Crippen LogP contribution in [0.1, 0.15) is 52.9 Å².